The molecule has 0 bridgehead atoms. The van der Waals surface area contributed by atoms with E-state index in [1.807, 2.05) is 11.8 Å². The van der Waals surface area contributed by atoms with Gasteiger partial charge in [0, 0.05) is 24.7 Å². The Morgan fingerprint density at radius 1 is 1.37 bits per heavy atom. The van der Waals surface area contributed by atoms with Crippen molar-refractivity contribution >= 4 is 5.91 Å². The Morgan fingerprint density at radius 3 is 2.63 bits per heavy atom. The molecular formula is C14H21N3O2. The van der Waals surface area contributed by atoms with Crippen molar-refractivity contribution < 1.29 is 4.79 Å². The number of H-pyrrole nitrogens is 1. The van der Waals surface area contributed by atoms with Crippen LogP contribution in [0.2, 0.25) is 0 Å². The Balaban J connectivity index is 2.13. The van der Waals surface area contributed by atoms with Crippen LogP contribution in [0.3, 0.4) is 0 Å². The van der Waals surface area contributed by atoms with Crippen molar-refractivity contribution in [3.8, 4) is 0 Å². The van der Waals surface area contributed by atoms with Crippen molar-refractivity contribution in [3.63, 3.8) is 0 Å². The van der Waals surface area contributed by atoms with E-state index in [9.17, 15) is 9.59 Å². The minimum atomic E-state index is -0.243. The fraction of sp³-hybridized carbons (Fsp3) is 0.571. The van der Waals surface area contributed by atoms with Crippen LogP contribution in [0.4, 0.5) is 0 Å². The summed E-state index contributed by atoms with van der Waals surface area (Å²) in [6.07, 6.45) is 3.80. The summed E-state index contributed by atoms with van der Waals surface area (Å²) in [6, 6.07) is 5.17. The predicted octanol–water partition coefficient (Wildman–Crippen LogP) is 1.11. The number of aromatic nitrogens is 1. The van der Waals surface area contributed by atoms with E-state index in [1.165, 1.54) is 6.07 Å². The molecule has 2 rings (SSSR count). The number of hydrogen-bond acceptors (Lipinski definition) is 3. The quantitative estimate of drug-likeness (QED) is 0.857. The molecular weight excluding hydrogens is 242 g/mol. The average molecular weight is 263 g/mol. The third kappa shape index (κ3) is 3.23. The first-order valence-corrected chi connectivity index (χ1v) is 6.87. The molecule has 0 aromatic carbocycles. The minimum absolute atomic E-state index is 0.0966. The average Bonchev–Trinajstić information content (AvgIpc) is 2.41. The molecule has 0 radical (unpaired) electrons. The second-order valence-corrected chi connectivity index (χ2v) is 5.09. The summed E-state index contributed by atoms with van der Waals surface area (Å²) in [7, 11) is 0. The number of nitrogens with one attached hydrogen (secondary N) is 1. The van der Waals surface area contributed by atoms with Crippen LogP contribution in [-0.4, -0.2) is 34.4 Å². The highest BCUT2D eigenvalue weighted by atomic mass is 16.2. The van der Waals surface area contributed by atoms with Gasteiger partial charge in [-0.3, -0.25) is 9.59 Å². The van der Waals surface area contributed by atoms with Gasteiger partial charge in [0.1, 0.15) is 5.69 Å². The summed E-state index contributed by atoms with van der Waals surface area (Å²) < 4.78 is 0. The van der Waals surface area contributed by atoms with Crippen molar-refractivity contribution in [2.24, 2.45) is 5.73 Å². The van der Waals surface area contributed by atoms with Crippen LogP contribution in [0.5, 0.6) is 0 Å². The van der Waals surface area contributed by atoms with Crippen molar-refractivity contribution in [3.05, 3.63) is 34.2 Å². The Morgan fingerprint density at radius 2 is 2.05 bits per heavy atom. The maximum Gasteiger partial charge on any atom is 0.270 e. The topological polar surface area (TPSA) is 79.2 Å². The van der Waals surface area contributed by atoms with E-state index in [1.54, 1.807) is 12.1 Å². The summed E-state index contributed by atoms with van der Waals surface area (Å²) in [5.41, 5.74) is 6.02. The van der Waals surface area contributed by atoms with Crippen LogP contribution < -0.4 is 11.3 Å². The van der Waals surface area contributed by atoms with E-state index in [4.69, 9.17) is 5.73 Å². The van der Waals surface area contributed by atoms with E-state index in [0.29, 0.717) is 12.2 Å². The van der Waals surface area contributed by atoms with Crippen molar-refractivity contribution in [2.45, 2.75) is 44.7 Å². The molecule has 1 heterocycles. The number of hydrogen-bond donors (Lipinski definition) is 2. The molecule has 0 atom stereocenters. The Hall–Kier alpha value is -1.62. The zero-order valence-corrected chi connectivity index (χ0v) is 11.3. The van der Waals surface area contributed by atoms with E-state index in [0.717, 1.165) is 25.7 Å². The molecule has 5 heteroatoms. The molecule has 104 valence electrons. The van der Waals surface area contributed by atoms with E-state index in [2.05, 4.69) is 4.98 Å². The Kier molecular flexibility index (Phi) is 4.37. The number of nitrogens with two attached hydrogens (primary N) is 1. The molecule has 1 aliphatic carbocycles. The number of carbonyl (C=O) groups is 1. The molecule has 0 unspecified atom stereocenters. The fourth-order valence-corrected chi connectivity index (χ4v) is 2.71. The first-order valence-electron chi connectivity index (χ1n) is 6.87. The highest BCUT2D eigenvalue weighted by Crippen LogP contribution is 2.23. The minimum Gasteiger partial charge on any atom is -0.335 e. The Labute approximate surface area is 112 Å². The van der Waals surface area contributed by atoms with Gasteiger partial charge in [-0.2, -0.15) is 0 Å². The number of aromatic amines is 1. The van der Waals surface area contributed by atoms with Crippen LogP contribution >= 0.6 is 0 Å². The van der Waals surface area contributed by atoms with Gasteiger partial charge in [0.15, 0.2) is 0 Å². The molecule has 0 aliphatic heterocycles. The lowest BCUT2D eigenvalue weighted by Gasteiger charge is -2.35. The molecule has 0 saturated heterocycles. The molecule has 1 aliphatic rings. The normalized spacial score (nSPS) is 23.1. The highest BCUT2D eigenvalue weighted by Gasteiger charge is 2.27. The highest BCUT2D eigenvalue weighted by molar-refractivity contribution is 5.92. The van der Waals surface area contributed by atoms with Crippen molar-refractivity contribution in [1.29, 1.82) is 0 Å². The van der Waals surface area contributed by atoms with Gasteiger partial charge in [-0.25, -0.2) is 0 Å². The number of pyridine rings is 1. The Bertz CT molecular complexity index is 489. The van der Waals surface area contributed by atoms with Gasteiger partial charge in [-0.05, 0) is 38.7 Å². The summed E-state index contributed by atoms with van der Waals surface area (Å²) in [4.78, 5) is 28.2. The third-order valence-corrected chi connectivity index (χ3v) is 3.78. The van der Waals surface area contributed by atoms with Crippen LogP contribution in [0.1, 0.15) is 43.1 Å². The molecule has 1 fully saturated rings. The van der Waals surface area contributed by atoms with Crippen LogP contribution in [-0.2, 0) is 0 Å². The van der Waals surface area contributed by atoms with Crippen LogP contribution in [0.15, 0.2) is 23.0 Å². The fourth-order valence-electron chi connectivity index (χ4n) is 2.71. The molecule has 3 N–H and O–H groups in total. The maximum absolute atomic E-state index is 12.4. The number of carbonyl (C=O) groups excluding carboxylic acids is 1. The van der Waals surface area contributed by atoms with Gasteiger partial charge < -0.3 is 15.6 Å². The summed E-state index contributed by atoms with van der Waals surface area (Å²) in [5, 5.41) is 0. The van der Waals surface area contributed by atoms with E-state index in [-0.39, 0.29) is 23.6 Å². The predicted molar refractivity (Wildman–Crippen MR) is 74.0 cm³/mol. The second-order valence-electron chi connectivity index (χ2n) is 5.09. The SMILES string of the molecule is CCN(C(=O)c1cccc(=O)[nH]1)C1CCC(N)CC1. The monoisotopic (exact) mass is 263 g/mol. The van der Waals surface area contributed by atoms with E-state index < -0.39 is 0 Å². The summed E-state index contributed by atoms with van der Waals surface area (Å²) >= 11 is 0. The maximum atomic E-state index is 12.4. The third-order valence-electron chi connectivity index (χ3n) is 3.78. The van der Waals surface area contributed by atoms with E-state index >= 15 is 0 Å². The lowest BCUT2D eigenvalue weighted by atomic mass is 9.90. The van der Waals surface area contributed by atoms with Crippen LogP contribution in [0.25, 0.3) is 0 Å². The first kappa shape index (κ1) is 13.8. The smallest absolute Gasteiger partial charge is 0.270 e. The van der Waals surface area contributed by atoms with Gasteiger partial charge in [-0.15, -0.1) is 0 Å². The lowest BCUT2D eigenvalue weighted by molar-refractivity contribution is 0.0634. The number of amides is 1. The largest absolute Gasteiger partial charge is 0.335 e. The molecule has 5 nitrogen and oxygen atoms in total. The van der Waals surface area contributed by atoms with Crippen molar-refractivity contribution in [2.75, 3.05) is 6.54 Å². The van der Waals surface area contributed by atoms with Crippen molar-refractivity contribution in [1.82, 2.24) is 9.88 Å². The zero-order valence-electron chi connectivity index (χ0n) is 11.3. The van der Waals surface area contributed by atoms with Crippen LogP contribution in [0, 0.1) is 0 Å². The molecule has 1 amide bonds. The van der Waals surface area contributed by atoms with Gasteiger partial charge in [0.25, 0.3) is 5.91 Å². The summed E-state index contributed by atoms with van der Waals surface area (Å²) in [6.45, 7) is 2.61. The standard InChI is InChI=1S/C14H21N3O2/c1-2-17(11-8-6-10(15)7-9-11)14(19)12-4-3-5-13(18)16-12/h3-5,10-11H,2,6-9,15H2,1H3,(H,16,18). The number of nitrogens with zero attached hydrogens (tertiary/aromatic N) is 1. The first-order chi connectivity index (χ1) is 9.11. The van der Waals surface area contributed by atoms with Gasteiger partial charge in [0.05, 0.1) is 0 Å². The zero-order chi connectivity index (χ0) is 13.8. The van der Waals surface area contributed by atoms with Gasteiger partial charge in [0.2, 0.25) is 5.56 Å². The molecule has 1 aromatic rings. The van der Waals surface area contributed by atoms with Gasteiger partial charge >= 0.3 is 0 Å². The van der Waals surface area contributed by atoms with Gasteiger partial charge in [-0.1, -0.05) is 6.07 Å². The molecule has 1 saturated carbocycles. The molecule has 0 spiro atoms. The molecule has 1 aromatic heterocycles. The lowest BCUT2D eigenvalue weighted by Crippen LogP contribution is -2.44. The summed E-state index contributed by atoms with van der Waals surface area (Å²) in [5.74, 6) is -0.0966. The second kappa shape index (κ2) is 6.02. The molecule has 19 heavy (non-hydrogen) atoms. The number of rotatable bonds is 3.